The van der Waals surface area contributed by atoms with Crippen molar-refractivity contribution in [3.8, 4) is 11.6 Å². The number of nitrogens with zero attached hydrogens (tertiary/aromatic N) is 3. The van der Waals surface area contributed by atoms with E-state index in [1.54, 1.807) is 26.1 Å². The van der Waals surface area contributed by atoms with Crippen LogP contribution in [0.2, 0.25) is 0 Å². The van der Waals surface area contributed by atoms with Crippen molar-refractivity contribution in [1.29, 1.82) is 0 Å². The SMILES string of the molecule is CNCc1ccc(NC(=O)c2ccc(C)c(Oc3ncnc4nc[nH]c34)c2)cc1C(F)(F)F. The van der Waals surface area contributed by atoms with Crippen LogP contribution in [0.3, 0.4) is 0 Å². The number of ether oxygens (including phenoxy) is 1. The predicted molar refractivity (Wildman–Crippen MR) is 115 cm³/mol. The van der Waals surface area contributed by atoms with Gasteiger partial charge in [-0.2, -0.15) is 18.2 Å². The zero-order valence-electron chi connectivity index (χ0n) is 17.6. The number of aromatic nitrogens is 4. The maximum atomic E-state index is 13.4. The second-order valence-corrected chi connectivity index (χ2v) is 7.22. The van der Waals surface area contributed by atoms with Crippen molar-refractivity contribution in [2.24, 2.45) is 0 Å². The summed E-state index contributed by atoms with van der Waals surface area (Å²) in [5.74, 6) is 0.00872. The number of hydrogen-bond donors (Lipinski definition) is 3. The number of amides is 1. The fourth-order valence-corrected chi connectivity index (χ4v) is 3.24. The van der Waals surface area contributed by atoms with E-state index in [2.05, 4.69) is 30.6 Å². The average Bonchev–Trinajstić information content (AvgIpc) is 3.25. The van der Waals surface area contributed by atoms with Crippen molar-refractivity contribution in [2.45, 2.75) is 19.6 Å². The van der Waals surface area contributed by atoms with Crippen LogP contribution in [0.25, 0.3) is 11.2 Å². The molecule has 8 nitrogen and oxygen atoms in total. The summed E-state index contributed by atoms with van der Waals surface area (Å²) in [6.45, 7) is 1.84. The van der Waals surface area contributed by atoms with E-state index in [0.717, 1.165) is 11.6 Å². The summed E-state index contributed by atoms with van der Waals surface area (Å²) < 4.78 is 46.2. The highest BCUT2D eigenvalue weighted by atomic mass is 19.4. The first-order chi connectivity index (χ1) is 15.8. The summed E-state index contributed by atoms with van der Waals surface area (Å²) in [7, 11) is 1.56. The van der Waals surface area contributed by atoms with Crippen molar-refractivity contribution >= 4 is 22.8 Å². The highest BCUT2D eigenvalue weighted by Gasteiger charge is 2.33. The molecule has 3 N–H and O–H groups in total. The number of rotatable bonds is 6. The van der Waals surface area contributed by atoms with Gasteiger partial charge in [-0.3, -0.25) is 4.79 Å². The molecule has 2 aromatic heterocycles. The Morgan fingerprint density at radius 2 is 1.94 bits per heavy atom. The lowest BCUT2D eigenvalue weighted by Gasteiger charge is -2.15. The number of nitrogens with one attached hydrogen (secondary N) is 3. The number of anilines is 1. The number of imidazole rings is 1. The standard InChI is InChI=1S/C22H19F3N6O2/c1-12-3-4-13(7-17(12)33-21-18-19(28-10-27-18)29-11-30-21)20(32)31-15-6-5-14(9-26-2)16(8-15)22(23,24)25/h3-8,10-11,26H,9H2,1-2H3,(H,31,32)(H,27,28,29,30). The van der Waals surface area contributed by atoms with E-state index in [9.17, 15) is 18.0 Å². The molecule has 0 aliphatic heterocycles. The third-order valence-electron chi connectivity index (χ3n) is 4.89. The van der Waals surface area contributed by atoms with Crippen molar-refractivity contribution in [3.63, 3.8) is 0 Å². The number of carbonyl (C=O) groups excluding carboxylic acids is 1. The van der Waals surface area contributed by atoms with Gasteiger partial charge in [0.05, 0.1) is 11.9 Å². The number of hydrogen-bond acceptors (Lipinski definition) is 6. The third kappa shape index (κ3) is 4.77. The van der Waals surface area contributed by atoms with E-state index in [0.29, 0.717) is 16.9 Å². The molecule has 33 heavy (non-hydrogen) atoms. The quantitative estimate of drug-likeness (QED) is 0.396. The van der Waals surface area contributed by atoms with Crippen molar-refractivity contribution in [2.75, 3.05) is 12.4 Å². The molecule has 0 aliphatic carbocycles. The zero-order chi connectivity index (χ0) is 23.6. The number of aromatic amines is 1. The van der Waals surface area contributed by atoms with Gasteiger partial charge in [0, 0.05) is 17.8 Å². The van der Waals surface area contributed by atoms with E-state index in [1.165, 1.54) is 30.9 Å². The summed E-state index contributed by atoms with van der Waals surface area (Å²) in [4.78, 5) is 27.8. The summed E-state index contributed by atoms with van der Waals surface area (Å²) in [5, 5.41) is 5.23. The topological polar surface area (TPSA) is 105 Å². The number of benzene rings is 2. The smallest absolute Gasteiger partial charge is 0.416 e. The van der Waals surface area contributed by atoms with Gasteiger partial charge in [-0.05, 0) is 49.4 Å². The Bertz CT molecular complexity index is 1320. The van der Waals surface area contributed by atoms with Gasteiger partial charge in [-0.15, -0.1) is 0 Å². The van der Waals surface area contributed by atoms with E-state index in [4.69, 9.17) is 4.74 Å². The minimum absolute atomic E-state index is 0.0326. The van der Waals surface area contributed by atoms with Crippen LogP contribution in [0.1, 0.15) is 27.0 Å². The van der Waals surface area contributed by atoms with Crippen LogP contribution < -0.4 is 15.4 Å². The number of alkyl halides is 3. The van der Waals surface area contributed by atoms with Gasteiger partial charge in [0.15, 0.2) is 5.65 Å². The van der Waals surface area contributed by atoms with Gasteiger partial charge in [0.2, 0.25) is 5.88 Å². The molecule has 0 bridgehead atoms. The molecule has 0 unspecified atom stereocenters. The molecule has 2 heterocycles. The first kappa shape index (κ1) is 22.2. The largest absolute Gasteiger partial charge is 0.437 e. The van der Waals surface area contributed by atoms with Crippen LogP contribution in [0.15, 0.2) is 49.1 Å². The maximum absolute atomic E-state index is 13.4. The van der Waals surface area contributed by atoms with E-state index >= 15 is 0 Å². The number of carbonyl (C=O) groups is 1. The fraction of sp³-hybridized carbons (Fsp3) is 0.182. The lowest BCUT2D eigenvalue weighted by atomic mass is 10.1. The Balaban J connectivity index is 1.59. The highest BCUT2D eigenvalue weighted by Crippen LogP contribution is 2.34. The predicted octanol–water partition coefficient (Wildman–Crippen LogP) is 4.44. The zero-order valence-corrected chi connectivity index (χ0v) is 17.6. The Labute approximate surface area is 186 Å². The summed E-state index contributed by atoms with van der Waals surface area (Å²) >= 11 is 0. The maximum Gasteiger partial charge on any atom is 0.416 e. The van der Waals surface area contributed by atoms with Crippen LogP contribution in [0, 0.1) is 6.92 Å². The molecule has 1 amide bonds. The second kappa shape index (κ2) is 8.87. The van der Waals surface area contributed by atoms with Gasteiger partial charge < -0.3 is 20.4 Å². The Kier molecular flexibility index (Phi) is 5.97. The van der Waals surface area contributed by atoms with Crippen LogP contribution in [0.5, 0.6) is 11.6 Å². The molecule has 0 spiro atoms. The van der Waals surface area contributed by atoms with Crippen molar-refractivity contribution in [3.05, 3.63) is 71.3 Å². The molecule has 4 rings (SSSR count). The van der Waals surface area contributed by atoms with Gasteiger partial charge in [-0.25, -0.2) is 9.97 Å². The lowest BCUT2D eigenvalue weighted by Crippen LogP contribution is -2.16. The second-order valence-electron chi connectivity index (χ2n) is 7.22. The minimum Gasteiger partial charge on any atom is -0.437 e. The third-order valence-corrected chi connectivity index (χ3v) is 4.89. The fourth-order valence-electron chi connectivity index (χ4n) is 3.24. The number of H-pyrrole nitrogens is 1. The highest BCUT2D eigenvalue weighted by molar-refractivity contribution is 6.04. The summed E-state index contributed by atoms with van der Waals surface area (Å²) in [5.41, 5.74) is 1.16. The van der Waals surface area contributed by atoms with Crippen molar-refractivity contribution < 1.29 is 22.7 Å². The van der Waals surface area contributed by atoms with E-state index in [-0.39, 0.29) is 29.2 Å². The molecule has 0 saturated heterocycles. The number of aryl methyl sites for hydroxylation is 1. The Hall–Kier alpha value is -3.99. The summed E-state index contributed by atoms with van der Waals surface area (Å²) in [6, 6.07) is 8.42. The van der Waals surface area contributed by atoms with Gasteiger partial charge in [0.25, 0.3) is 5.91 Å². The molecular weight excluding hydrogens is 437 g/mol. The molecule has 0 saturated carbocycles. The molecule has 0 aliphatic rings. The molecule has 0 fully saturated rings. The molecule has 0 atom stereocenters. The molecule has 0 radical (unpaired) electrons. The normalized spacial score (nSPS) is 11.5. The van der Waals surface area contributed by atoms with E-state index in [1.807, 2.05) is 0 Å². The Morgan fingerprint density at radius 3 is 2.70 bits per heavy atom. The van der Waals surface area contributed by atoms with Gasteiger partial charge >= 0.3 is 6.18 Å². The van der Waals surface area contributed by atoms with Crippen molar-refractivity contribution in [1.82, 2.24) is 25.3 Å². The minimum atomic E-state index is -4.55. The first-order valence-corrected chi connectivity index (χ1v) is 9.85. The first-order valence-electron chi connectivity index (χ1n) is 9.85. The molecular formula is C22H19F3N6O2. The number of fused-ring (bicyclic) bond motifs is 1. The average molecular weight is 456 g/mol. The van der Waals surface area contributed by atoms with Crippen LogP contribution in [-0.2, 0) is 12.7 Å². The molecule has 2 aromatic carbocycles. The number of halogens is 3. The monoisotopic (exact) mass is 456 g/mol. The molecule has 4 aromatic rings. The van der Waals surface area contributed by atoms with Crippen LogP contribution in [-0.4, -0.2) is 32.9 Å². The summed E-state index contributed by atoms with van der Waals surface area (Å²) in [6.07, 6.45) is -1.78. The van der Waals surface area contributed by atoms with Crippen LogP contribution in [0.4, 0.5) is 18.9 Å². The molecule has 11 heteroatoms. The lowest BCUT2D eigenvalue weighted by molar-refractivity contribution is -0.138. The van der Waals surface area contributed by atoms with Gasteiger partial charge in [-0.1, -0.05) is 12.1 Å². The Morgan fingerprint density at radius 1 is 1.12 bits per heavy atom. The van der Waals surface area contributed by atoms with Gasteiger partial charge in [0.1, 0.15) is 17.6 Å². The molecule has 170 valence electrons. The van der Waals surface area contributed by atoms with E-state index < -0.39 is 17.6 Å². The van der Waals surface area contributed by atoms with Crippen LogP contribution >= 0.6 is 0 Å².